The molecule has 0 spiro atoms. The first-order valence-corrected chi connectivity index (χ1v) is 10.1. The first-order valence-electron chi connectivity index (χ1n) is 10.1. The topological polar surface area (TPSA) is 97.9 Å². The van der Waals surface area contributed by atoms with E-state index in [4.69, 9.17) is 9.72 Å². The van der Waals surface area contributed by atoms with Gasteiger partial charge in [-0.25, -0.2) is 9.97 Å². The Bertz CT molecular complexity index is 968. The van der Waals surface area contributed by atoms with Gasteiger partial charge in [0.15, 0.2) is 0 Å². The van der Waals surface area contributed by atoms with Crippen LogP contribution in [0.25, 0.3) is 0 Å². The number of pyridine rings is 2. The Kier molecular flexibility index (Phi) is 5.59. The highest BCUT2D eigenvalue weighted by Gasteiger charge is 2.25. The molecule has 0 unspecified atom stereocenters. The van der Waals surface area contributed by atoms with Crippen molar-refractivity contribution in [3.05, 3.63) is 46.8 Å². The maximum Gasteiger partial charge on any atom is 0.231 e. The van der Waals surface area contributed by atoms with Crippen molar-refractivity contribution in [3.8, 4) is 18.0 Å². The maximum atomic E-state index is 9.57. The number of nitrogens with one attached hydrogen (secondary N) is 1. The first kappa shape index (κ1) is 19.2. The fourth-order valence-electron chi connectivity index (χ4n) is 4.05. The van der Waals surface area contributed by atoms with Gasteiger partial charge in [-0.15, -0.1) is 0 Å². The zero-order valence-corrected chi connectivity index (χ0v) is 16.6. The van der Waals surface area contributed by atoms with Gasteiger partial charge in [-0.05, 0) is 56.5 Å². The molecule has 29 heavy (non-hydrogen) atoms. The lowest BCUT2D eigenvalue weighted by molar-refractivity contribution is 0.143. The van der Waals surface area contributed by atoms with E-state index in [0.717, 1.165) is 56.5 Å². The van der Waals surface area contributed by atoms with Crippen molar-refractivity contribution in [1.82, 2.24) is 14.9 Å². The number of rotatable bonds is 4. The van der Waals surface area contributed by atoms with Crippen LogP contribution in [0.2, 0.25) is 0 Å². The van der Waals surface area contributed by atoms with E-state index < -0.39 is 0 Å². The van der Waals surface area contributed by atoms with Gasteiger partial charge in [-0.1, -0.05) is 0 Å². The summed E-state index contributed by atoms with van der Waals surface area (Å²) in [5.41, 5.74) is 3.34. The van der Waals surface area contributed by atoms with Crippen LogP contribution in [0, 0.1) is 22.7 Å². The minimum Gasteiger partial charge on any atom is -0.473 e. The molecule has 0 radical (unpaired) electrons. The van der Waals surface area contributed by atoms with E-state index in [-0.39, 0.29) is 12.1 Å². The lowest BCUT2D eigenvalue weighted by atomic mass is 9.92. The quantitative estimate of drug-likeness (QED) is 0.860. The van der Waals surface area contributed by atoms with E-state index >= 15 is 0 Å². The molecule has 7 nitrogen and oxygen atoms in total. The molecule has 2 aromatic heterocycles. The van der Waals surface area contributed by atoms with Crippen LogP contribution in [0.5, 0.6) is 5.88 Å². The van der Waals surface area contributed by atoms with E-state index in [9.17, 15) is 10.5 Å². The molecule has 0 amide bonds. The van der Waals surface area contributed by atoms with Crippen molar-refractivity contribution in [2.24, 2.45) is 0 Å². The van der Waals surface area contributed by atoms with Gasteiger partial charge in [0, 0.05) is 37.4 Å². The van der Waals surface area contributed by atoms with Gasteiger partial charge in [-0.2, -0.15) is 10.5 Å². The third kappa shape index (κ3) is 4.31. The minimum atomic E-state index is 0.0533. The average Bonchev–Trinajstić information content (AvgIpc) is 2.75. The molecule has 0 saturated heterocycles. The number of hydrogen-bond donors (Lipinski definition) is 1. The third-order valence-corrected chi connectivity index (χ3v) is 5.67. The Morgan fingerprint density at radius 2 is 1.97 bits per heavy atom. The highest BCUT2D eigenvalue weighted by Crippen LogP contribution is 2.28. The molecular formula is C22H24N6O. The lowest BCUT2D eigenvalue weighted by Gasteiger charge is -2.30. The number of aromatic nitrogens is 2. The minimum absolute atomic E-state index is 0.0533. The molecule has 1 fully saturated rings. The molecule has 1 aliphatic carbocycles. The Balaban J connectivity index is 1.39. The molecule has 0 aromatic carbocycles. The largest absolute Gasteiger partial charge is 0.473 e. The van der Waals surface area contributed by atoms with Gasteiger partial charge in [0.05, 0.1) is 5.56 Å². The molecule has 1 aliphatic heterocycles. The molecule has 0 atom stereocenters. The van der Waals surface area contributed by atoms with Crippen molar-refractivity contribution in [2.45, 2.75) is 50.8 Å². The summed E-state index contributed by atoms with van der Waals surface area (Å²) in [6.45, 7) is 1.84. The van der Waals surface area contributed by atoms with Gasteiger partial charge in [-0.3, -0.25) is 0 Å². The van der Waals surface area contributed by atoms with Gasteiger partial charge in [0.25, 0.3) is 0 Å². The molecule has 148 valence electrons. The van der Waals surface area contributed by atoms with Gasteiger partial charge >= 0.3 is 0 Å². The summed E-state index contributed by atoms with van der Waals surface area (Å²) in [6, 6.07) is 10.1. The highest BCUT2D eigenvalue weighted by molar-refractivity contribution is 5.55. The Morgan fingerprint density at radius 1 is 1.17 bits per heavy atom. The van der Waals surface area contributed by atoms with Crippen LogP contribution in [0.4, 0.5) is 5.82 Å². The fourth-order valence-corrected chi connectivity index (χ4v) is 4.05. The molecular weight excluding hydrogens is 364 g/mol. The number of ether oxygens (including phenoxy) is 1. The number of fused-ring (bicyclic) bond motifs is 1. The molecule has 1 saturated carbocycles. The van der Waals surface area contributed by atoms with Crippen LogP contribution >= 0.6 is 0 Å². The summed E-state index contributed by atoms with van der Waals surface area (Å²) < 4.78 is 5.97. The van der Waals surface area contributed by atoms with Gasteiger partial charge in [0.1, 0.15) is 29.6 Å². The number of likely N-dealkylation sites (N-methyl/N-ethyl adjacent to an activating group) is 1. The van der Waals surface area contributed by atoms with Crippen LogP contribution in [0.1, 0.15) is 48.1 Å². The van der Waals surface area contributed by atoms with E-state index in [2.05, 4.69) is 34.4 Å². The van der Waals surface area contributed by atoms with Crippen LogP contribution in [0.3, 0.4) is 0 Å². The van der Waals surface area contributed by atoms with Crippen molar-refractivity contribution < 1.29 is 4.74 Å². The Hall–Kier alpha value is -3.16. The monoisotopic (exact) mass is 388 g/mol. The van der Waals surface area contributed by atoms with Crippen molar-refractivity contribution in [3.63, 3.8) is 0 Å². The van der Waals surface area contributed by atoms with Crippen molar-refractivity contribution in [2.75, 3.05) is 18.9 Å². The predicted molar refractivity (Wildman–Crippen MR) is 108 cm³/mol. The summed E-state index contributed by atoms with van der Waals surface area (Å²) >= 11 is 0. The van der Waals surface area contributed by atoms with Crippen LogP contribution in [0.15, 0.2) is 24.4 Å². The summed E-state index contributed by atoms with van der Waals surface area (Å²) in [5.74, 6) is 1.12. The summed E-state index contributed by atoms with van der Waals surface area (Å²) in [5, 5.41) is 22.3. The second kappa shape index (κ2) is 8.46. The van der Waals surface area contributed by atoms with E-state index in [0.29, 0.717) is 22.8 Å². The Labute approximate surface area is 171 Å². The SMILES string of the molecule is CN1CCc2nc(NC3CCC(Oc4ncccc4C#N)CC3)c(C#N)cc2C1. The number of anilines is 1. The highest BCUT2D eigenvalue weighted by atomic mass is 16.5. The van der Waals surface area contributed by atoms with Gasteiger partial charge in [0.2, 0.25) is 5.88 Å². The van der Waals surface area contributed by atoms with Crippen LogP contribution in [-0.4, -0.2) is 40.6 Å². The van der Waals surface area contributed by atoms with E-state index in [1.165, 1.54) is 0 Å². The zero-order chi connectivity index (χ0) is 20.2. The molecule has 2 aliphatic rings. The fraction of sp³-hybridized carbons (Fsp3) is 0.455. The normalized spacial score (nSPS) is 21.5. The van der Waals surface area contributed by atoms with Crippen LogP contribution < -0.4 is 10.1 Å². The molecule has 1 N–H and O–H groups in total. The second-order valence-electron chi connectivity index (χ2n) is 7.79. The smallest absolute Gasteiger partial charge is 0.231 e. The first-order chi connectivity index (χ1) is 14.2. The molecule has 2 aromatic rings. The molecule has 7 heteroatoms. The lowest BCUT2D eigenvalue weighted by Crippen LogP contribution is -2.32. The number of nitrogens with zero attached hydrogens (tertiary/aromatic N) is 5. The van der Waals surface area contributed by atoms with E-state index in [1.54, 1.807) is 18.3 Å². The molecule has 0 bridgehead atoms. The Morgan fingerprint density at radius 3 is 2.72 bits per heavy atom. The third-order valence-electron chi connectivity index (χ3n) is 5.67. The summed E-state index contributed by atoms with van der Waals surface area (Å²) in [4.78, 5) is 11.2. The van der Waals surface area contributed by atoms with Crippen molar-refractivity contribution in [1.29, 1.82) is 10.5 Å². The van der Waals surface area contributed by atoms with Crippen molar-refractivity contribution >= 4 is 5.82 Å². The van der Waals surface area contributed by atoms with E-state index in [1.807, 2.05) is 6.07 Å². The zero-order valence-electron chi connectivity index (χ0n) is 16.6. The summed E-state index contributed by atoms with van der Waals surface area (Å²) in [7, 11) is 2.09. The van der Waals surface area contributed by atoms with Gasteiger partial charge < -0.3 is 15.0 Å². The summed E-state index contributed by atoms with van der Waals surface area (Å²) in [6.07, 6.45) is 6.20. The molecule has 3 heterocycles. The number of hydrogen-bond acceptors (Lipinski definition) is 7. The predicted octanol–water partition coefficient (Wildman–Crippen LogP) is 3.01. The second-order valence-corrected chi connectivity index (χ2v) is 7.79. The average molecular weight is 388 g/mol. The van der Waals surface area contributed by atoms with Crippen LogP contribution in [-0.2, 0) is 13.0 Å². The standard InChI is InChI=1S/C22H24N6O/c1-28-10-8-20-17(14-28)11-16(13-24)21(27-20)26-18-4-6-19(7-5-18)29-22-15(12-23)3-2-9-25-22/h2-3,9,11,18-19H,4-8,10,14H2,1H3,(H,26,27). The maximum absolute atomic E-state index is 9.57. The number of nitriles is 2. The molecule has 4 rings (SSSR count).